The molecule has 0 fully saturated rings. The van der Waals surface area contributed by atoms with Crippen LogP contribution in [-0.4, -0.2) is 16.7 Å². The van der Waals surface area contributed by atoms with Gasteiger partial charge in [0, 0.05) is 5.41 Å². The van der Waals surface area contributed by atoms with E-state index in [1.165, 1.54) is 6.26 Å². The van der Waals surface area contributed by atoms with E-state index in [9.17, 15) is 9.35 Å². The molecule has 0 rings (SSSR count). The fourth-order valence-electron chi connectivity index (χ4n) is 0.284. The lowest BCUT2D eigenvalue weighted by molar-refractivity contribution is -0.126. The molecule has 0 saturated carbocycles. The number of rotatable bonds is 1. The van der Waals surface area contributed by atoms with E-state index >= 15 is 0 Å². The number of amides is 1. The quantitative estimate of drug-likeness (QED) is 0.570. The maximum Gasteiger partial charge on any atom is 0.266 e. The van der Waals surface area contributed by atoms with Crippen LogP contribution in [0.15, 0.2) is 0 Å². The van der Waals surface area contributed by atoms with Crippen molar-refractivity contribution < 1.29 is 9.35 Å². The zero-order chi connectivity index (χ0) is 8.36. The maximum absolute atomic E-state index is 11.0. The maximum atomic E-state index is 11.0. The Kier molecular flexibility index (Phi) is 3.18. The third-order valence-electron chi connectivity index (χ3n) is 0.918. The number of carbonyl (C=O) groups excluding carboxylic acids is 1. The van der Waals surface area contributed by atoms with Gasteiger partial charge in [-0.25, -0.2) is 0 Å². The first-order valence-electron chi connectivity index (χ1n) is 2.98. The number of nitrogens with one attached hydrogen (secondary N) is 1. The summed E-state index contributed by atoms with van der Waals surface area (Å²) in [6, 6.07) is 0. The molecule has 60 valence electrons. The molecule has 3 nitrogen and oxygen atoms in total. The van der Waals surface area contributed by atoms with Crippen LogP contribution in [0.3, 0.4) is 0 Å². The normalized spacial score (nSPS) is 14.5. The second-order valence-corrected chi connectivity index (χ2v) is 4.25. The van der Waals surface area contributed by atoms with Gasteiger partial charge in [0.15, 0.2) is 0 Å². The van der Waals surface area contributed by atoms with Gasteiger partial charge >= 0.3 is 0 Å². The predicted molar refractivity (Wildman–Crippen MR) is 41.7 cm³/mol. The van der Waals surface area contributed by atoms with Crippen molar-refractivity contribution in [3.63, 3.8) is 0 Å². The molecule has 1 atom stereocenters. The summed E-state index contributed by atoms with van der Waals surface area (Å²) < 4.78 is 12.8. The molecule has 4 heteroatoms. The van der Waals surface area contributed by atoms with Crippen molar-refractivity contribution >= 4 is 17.3 Å². The first-order valence-corrected chi connectivity index (χ1v) is 4.54. The highest BCUT2D eigenvalue weighted by molar-refractivity contribution is 7.89. The van der Waals surface area contributed by atoms with Crippen molar-refractivity contribution in [2.75, 3.05) is 6.26 Å². The predicted octanol–water partition coefficient (Wildman–Crippen LogP) is 0.442. The molecule has 10 heavy (non-hydrogen) atoms. The Morgan fingerprint density at radius 3 is 2.00 bits per heavy atom. The molecule has 0 spiro atoms. The number of hydrogen-bond donors (Lipinski definition) is 1. The minimum Gasteiger partial charge on any atom is -0.593 e. The van der Waals surface area contributed by atoms with E-state index in [0.29, 0.717) is 0 Å². The van der Waals surface area contributed by atoms with Crippen molar-refractivity contribution in [1.29, 1.82) is 0 Å². The van der Waals surface area contributed by atoms with Crippen LogP contribution >= 0.6 is 0 Å². The second-order valence-electron chi connectivity index (χ2n) is 3.14. The lowest BCUT2D eigenvalue weighted by atomic mass is 9.96. The van der Waals surface area contributed by atoms with Crippen LogP contribution in [0.1, 0.15) is 20.8 Å². The minimum atomic E-state index is -1.24. The van der Waals surface area contributed by atoms with E-state index in [2.05, 4.69) is 4.72 Å². The second kappa shape index (κ2) is 3.25. The average Bonchev–Trinajstić information content (AvgIpc) is 1.60. The van der Waals surface area contributed by atoms with Crippen molar-refractivity contribution in [1.82, 2.24) is 4.72 Å². The molecule has 0 aromatic rings. The topological polar surface area (TPSA) is 52.2 Å². The Bertz CT molecular complexity index is 128. The molecule has 0 bridgehead atoms. The van der Waals surface area contributed by atoms with E-state index in [1.54, 1.807) is 20.8 Å². The molecule has 0 radical (unpaired) electrons. The van der Waals surface area contributed by atoms with Gasteiger partial charge in [0.1, 0.15) is 6.26 Å². The lowest BCUT2D eigenvalue weighted by Gasteiger charge is -2.16. The average molecular weight is 163 g/mol. The highest BCUT2D eigenvalue weighted by Crippen LogP contribution is 2.12. The van der Waals surface area contributed by atoms with E-state index < -0.39 is 16.8 Å². The van der Waals surface area contributed by atoms with Crippen LogP contribution < -0.4 is 4.72 Å². The van der Waals surface area contributed by atoms with Crippen LogP contribution in [0.5, 0.6) is 0 Å². The van der Waals surface area contributed by atoms with Crippen LogP contribution in [0.2, 0.25) is 0 Å². The summed E-state index contributed by atoms with van der Waals surface area (Å²) in [4.78, 5) is 11.0. The molecular formula is C6H13NO2S. The van der Waals surface area contributed by atoms with Crippen LogP contribution in [0.4, 0.5) is 0 Å². The van der Waals surface area contributed by atoms with Crippen LogP contribution in [0, 0.1) is 5.41 Å². The van der Waals surface area contributed by atoms with Gasteiger partial charge in [-0.1, -0.05) is 20.8 Å². The van der Waals surface area contributed by atoms with E-state index in [1.807, 2.05) is 0 Å². The summed E-state index contributed by atoms with van der Waals surface area (Å²) in [6.45, 7) is 5.32. The van der Waals surface area contributed by atoms with Gasteiger partial charge < -0.3 is 4.55 Å². The van der Waals surface area contributed by atoms with Crippen molar-refractivity contribution in [3.05, 3.63) is 0 Å². The smallest absolute Gasteiger partial charge is 0.266 e. The van der Waals surface area contributed by atoms with Crippen LogP contribution in [0.25, 0.3) is 0 Å². The summed E-state index contributed by atoms with van der Waals surface area (Å²) in [5, 5.41) is 0. The zero-order valence-electron chi connectivity index (χ0n) is 6.72. The highest BCUT2D eigenvalue weighted by Gasteiger charge is 2.23. The molecule has 0 heterocycles. The lowest BCUT2D eigenvalue weighted by Crippen LogP contribution is -2.38. The summed E-state index contributed by atoms with van der Waals surface area (Å²) in [6.07, 6.45) is 1.43. The summed E-state index contributed by atoms with van der Waals surface area (Å²) in [5.74, 6) is -0.187. The van der Waals surface area contributed by atoms with Crippen LogP contribution in [-0.2, 0) is 16.2 Å². The monoisotopic (exact) mass is 163 g/mol. The summed E-state index contributed by atoms with van der Waals surface area (Å²) in [7, 11) is 0. The molecule has 0 aromatic carbocycles. The molecule has 0 aliphatic heterocycles. The van der Waals surface area contributed by atoms with E-state index in [4.69, 9.17) is 0 Å². The van der Waals surface area contributed by atoms with Gasteiger partial charge in [-0.3, -0.25) is 4.79 Å². The molecule has 0 aliphatic rings. The third kappa shape index (κ3) is 3.74. The molecule has 1 N–H and O–H groups in total. The van der Waals surface area contributed by atoms with Gasteiger partial charge in [0.25, 0.3) is 5.91 Å². The number of hydrogen-bond acceptors (Lipinski definition) is 2. The van der Waals surface area contributed by atoms with Crippen molar-refractivity contribution in [2.24, 2.45) is 5.41 Å². The fraction of sp³-hybridized carbons (Fsp3) is 0.833. The van der Waals surface area contributed by atoms with Gasteiger partial charge in [0.2, 0.25) is 0 Å². The number of carbonyl (C=O) groups is 1. The minimum absolute atomic E-state index is 0.187. The van der Waals surface area contributed by atoms with Gasteiger partial charge in [-0.15, -0.1) is 0 Å². The first kappa shape index (κ1) is 9.78. The Balaban J connectivity index is 3.87. The molecule has 0 aliphatic carbocycles. The Hall–Kier alpha value is -0.220. The van der Waals surface area contributed by atoms with Gasteiger partial charge in [-0.2, -0.15) is 4.72 Å². The summed E-state index contributed by atoms with van der Waals surface area (Å²) >= 11 is -1.24. The Morgan fingerprint density at radius 1 is 1.50 bits per heavy atom. The Labute approximate surface area is 64.5 Å². The fourth-order valence-corrected chi connectivity index (χ4v) is 0.851. The summed E-state index contributed by atoms with van der Waals surface area (Å²) in [5.41, 5.74) is -0.453. The van der Waals surface area contributed by atoms with Crippen molar-refractivity contribution in [2.45, 2.75) is 20.8 Å². The van der Waals surface area contributed by atoms with Gasteiger partial charge in [-0.05, 0) is 0 Å². The van der Waals surface area contributed by atoms with E-state index in [0.717, 1.165) is 0 Å². The zero-order valence-corrected chi connectivity index (χ0v) is 7.54. The highest BCUT2D eigenvalue weighted by atomic mass is 32.2. The molecule has 0 saturated heterocycles. The van der Waals surface area contributed by atoms with Gasteiger partial charge in [0.05, 0.1) is 11.4 Å². The largest absolute Gasteiger partial charge is 0.593 e. The molecule has 0 aromatic heterocycles. The molecule has 0 unspecified atom stereocenters. The van der Waals surface area contributed by atoms with E-state index in [-0.39, 0.29) is 5.91 Å². The SMILES string of the molecule is C[S@+]([O-])NC(=O)C(C)(C)C. The molecule has 1 amide bonds. The Morgan fingerprint density at radius 2 is 1.90 bits per heavy atom. The third-order valence-corrected chi connectivity index (χ3v) is 1.39. The molecular weight excluding hydrogens is 150 g/mol. The standard InChI is InChI=1S/C6H13NO2S/c1-6(2,3)5(8)7-10(4)9/h1-4H3,(H,7,8)/t10-/m0/s1. The first-order chi connectivity index (χ1) is 4.34. The van der Waals surface area contributed by atoms with Crippen molar-refractivity contribution in [3.8, 4) is 0 Å².